The molecule has 1 amide bonds. The summed E-state index contributed by atoms with van der Waals surface area (Å²) < 4.78 is 0. The van der Waals surface area contributed by atoms with E-state index in [2.05, 4.69) is 18.7 Å². The van der Waals surface area contributed by atoms with Crippen molar-refractivity contribution in [2.45, 2.75) is 77.0 Å². The Labute approximate surface area is 120 Å². The van der Waals surface area contributed by atoms with Crippen LogP contribution in [0.25, 0.3) is 0 Å². The van der Waals surface area contributed by atoms with Gasteiger partial charge < -0.3 is 10.0 Å². The number of aliphatic carboxylic acids is 1. The maximum atomic E-state index is 12.7. The molecule has 0 aliphatic carbocycles. The molecule has 114 valence electrons. The molecular formula is C15H26N2O3. The van der Waals surface area contributed by atoms with Crippen LogP contribution in [0.4, 0.5) is 0 Å². The quantitative estimate of drug-likeness (QED) is 0.856. The van der Waals surface area contributed by atoms with E-state index in [0.29, 0.717) is 25.0 Å². The molecule has 5 nitrogen and oxygen atoms in total. The van der Waals surface area contributed by atoms with Gasteiger partial charge in [-0.15, -0.1) is 0 Å². The number of carboxylic acids is 1. The number of likely N-dealkylation sites (tertiary alicyclic amines) is 2. The molecule has 4 atom stereocenters. The molecule has 4 unspecified atom stereocenters. The number of hydrogen-bond donors (Lipinski definition) is 1. The minimum absolute atomic E-state index is 0.0160. The number of rotatable bonds is 3. The number of hydrogen-bond acceptors (Lipinski definition) is 3. The Morgan fingerprint density at radius 3 is 2.25 bits per heavy atom. The Balaban J connectivity index is 2.10. The van der Waals surface area contributed by atoms with Gasteiger partial charge in [0.2, 0.25) is 5.91 Å². The van der Waals surface area contributed by atoms with Gasteiger partial charge in [0.1, 0.15) is 6.04 Å². The summed E-state index contributed by atoms with van der Waals surface area (Å²) in [5.41, 5.74) is 0. The van der Waals surface area contributed by atoms with Gasteiger partial charge in [-0.05, 0) is 52.9 Å². The van der Waals surface area contributed by atoms with E-state index >= 15 is 0 Å². The van der Waals surface area contributed by atoms with Crippen LogP contribution in [0.15, 0.2) is 0 Å². The fraction of sp³-hybridized carbons (Fsp3) is 0.867. The summed E-state index contributed by atoms with van der Waals surface area (Å²) in [6.07, 6.45) is 4.61. The van der Waals surface area contributed by atoms with Crippen molar-refractivity contribution in [2.24, 2.45) is 0 Å². The third-order valence-electron chi connectivity index (χ3n) is 4.90. The number of carbonyl (C=O) groups excluding carboxylic acids is 1. The second kappa shape index (κ2) is 6.12. The Morgan fingerprint density at radius 2 is 1.70 bits per heavy atom. The normalized spacial score (nSPS) is 33.1. The van der Waals surface area contributed by atoms with Gasteiger partial charge in [-0.25, -0.2) is 4.79 Å². The van der Waals surface area contributed by atoms with Crippen molar-refractivity contribution >= 4 is 11.9 Å². The Kier molecular flexibility index (Phi) is 4.68. The molecule has 0 aromatic carbocycles. The summed E-state index contributed by atoms with van der Waals surface area (Å²) in [5, 5.41) is 9.30. The van der Waals surface area contributed by atoms with Crippen molar-refractivity contribution in [3.8, 4) is 0 Å². The van der Waals surface area contributed by atoms with Gasteiger partial charge in [-0.2, -0.15) is 0 Å². The highest BCUT2D eigenvalue weighted by molar-refractivity contribution is 5.87. The molecule has 0 bridgehead atoms. The molecule has 5 heteroatoms. The van der Waals surface area contributed by atoms with Crippen LogP contribution in [0.2, 0.25) is 0 Å². The fourth-order valence-corrected chi connectivity index (χ4v) is 3.80. The van der Waals surface area contributed by atoms with Gasteiger partial charge in [0, 0.05) is 18.6 Å². The molecule has 2 fully saturated rings. The van der Waals surface area contributed by atoms with E-state index in [0.717, 1.165) is 25.7 Å². The second-order valence-electron chi connectivity index (χ2n) is 6.28. The van der Waals surface area contributed by atoms with Crippen LogP contribution in [-0.2, 0) is 9.59 Å². The van der Waals surface area contributed by atoms with E-state index in [1.807, 2.05) is 6.92 Å². The highest BCUT2D eigenvalue weighted by atomic mass is 16.4. The molecule has 0 aromatic heterocycles. The molecule has 0 spiro atoms. The Hall–Kier alpha value is -1.10. The van der Waals surface area contributed by atoms with Crippen molar-refractivity contribution in [1.82, 2.24) is 9.80 Å². The number of piperidine rings is 1. The summed E-state index contributed by atoms with van der Waals surface area (Å²) in [6, 6.07) is -0.0524. The first-order valence-electron chi connectivity index (χ1n) is 7.74. The summed E-state index contributed by atoms with van der Waals surface area (Å²) in [7, 11) is 0. The molecule has 0 saturated carbocycles. The second-order valence-corrected chi connectivity index (χ2v) is 6.28. The zero-order valence-electron chi connectivity index (χ0n) is 12.7. The van der Waals surface area contributed by atoms with E-state index in [1.54, 1.807) is 4.90 Å². The number of carbonyl (C=O) groups is 2. The van der Waals surface area contributed by atoms with Crippen molar-refractivity contribution in [1.29, 1.82) is 0 Å². The topological polar surface area (TPSA) is 60.9 Å². The average molecular weight is 282 g/mol. The number of nitrogens with zero attached hydrogens (tertiary/aromatic N) is 2. The van der Waals surface area contributed by atoms with Crippen molar-refractivity contribution in [2.75, 3.05) is 6.54 Å². The molecule has 2 aliphatic rings. The van der Waals surface area contributed by atoms with Crippen molar-refractivity contribution < 1.29 is 14.7 Å². The first-order chi connectivity index (χ1) is 9.43. The lowest BCUT2D eigenvalue weighted by Gasteiger charge is -2.39. The molecule has 2 aliphatic heterocycles. The van der Waals surface area contributed by atoms with E-state index in [4.69, 9.17) is 0 Å². The first-order valence-corrected chi connectivity index (χ1v) is 7.74. The first kappa shape index (κ1) is 15.3. The smallest absolute Gasteiger partial charge is 0.326 e. The lowest BCUT2D eigenvalue weighted by Crippen LogP contribution is -2.56. The maximum absolute atomic E-state index is 12.7. The summed E-state index contributed by atoms with van der Waals surface area (Å²) in [4.78, 5) is 27.9. The molecule has 0 radical (unpaired) electrons. The molecule has 0 aromatic rings. The fourth-order valence-electron chi connectivity index (χ4n) is 3.80. The summed E-state index contributed by atoms with van der Waals surface area (Å²) >= 11 is 0. The highest BCUT2D eigenvalue weighted by Gasteiger charge is 2.39. The monoisotopic (exact) mass is 282 g/mol. The van der Waals surface area contributed by atoms with Gasteiger partial charge in [0.15, 0.2) is 0 Å². The van der Waals surface area contributed by atoms with Crippen LogP contribution >= 0.6 is 0 Å². The van der Waals surface area contributed by atoms with Crippen LogP contribution in [-0.4, -0.2) is 57.5 Å². The predicted octanol–water partition coefficient (Wildman–Crippen LogP) is 1.71. The largest absolute Gasteiger partial charge is 0.480 e. The van der Waals surface area contributed by atoms with Gasteiger partial charge in [0.05, 0.1) is 6.04 Å². The molecule has 20 heavy (non-hydrogen) atoms. The summed E-state index contributed by atoms with van der Waals surface area (Å²) in [6.45, 7) is 6.81. The lowest BCUT2D eigenvalue weighted by atomic mass is 10.0. The Morgan fingerprint density at radius 1 is 1.10 bits per heavy atom. The number of carboxylic acid groups (broad SMARTS) is 1. The van der Waals surface area contributed by atoms with Crippen LogP contribution in [0, 0.1) is 0 Å². The van der Waals surface area contributed by atoms with Gasteiger partial charge in [0.25, 0.3) is 0 Å². The molecule has 2 rings (SSSR count). The molecule has 2 saturated heterocycles. The van der Waals surface area contributed by atoms with E-state index < -0.39 is 12.0 Å². The van der Waals surface area contributed by atoms with Crippen LogP contribution in [0.1, 0.15) is 52.9 Å². The van der Waals surface area contributed by atoms with Crippen molar-refractivity contribution in [3.63, 3.8) is 0 Å². The lowest BCUT2D eigenvalue weighted by molar-refractivity contribution is -0.154. The van der Waals surface area contributed by atoms with Gasteiger partial charge in [-0.1, -0.05) is 0 Å². The zero-order valence-corrected chi connectivity index (χ0v) is 12.7. The van der Waals surface area contributed by atoms with Crippen LogP contribution in [0.3, 0.4) is 0 Å². The minimum atomic E-state index is -0.868. The average Bonchev–Trinajstić information content (AvgIpc) is 2.76. The minimum Gasteiger partial charge on any atom is -0.480 e. The number of amides is 1. The van der Waals surface area contributed by atoms with Gasteiger partial charge in [-0.3, -0.25) is 9.69 Å². The van der Waals surface area contributed by atoms with Crippen molar-refractivity contribution in [3.05, 3.63) is 0 Å². The third kappa shape index (κ3) is 2.82. The summed E-state index contributed by atoms with van der Waals surface area (Å²) in [5.74, 6) is -0.884. The zero-order chi connectivity index (χ0) is 14.9. The molecule has 2 heterocycles. The Bertz CT molecular complexity index is 375. The van der Waals surface area contributed by atoms with E-state index in [9.17, 15) is 14.7 Å². The van der Waals surface area contributed by atoms with Crippen LogP contribution in [0.5, 0.6) is 0 Å². The highest BCUT2D eigenvalue weighted by Crippen LogP contribution is 2.28. The molecule has 1 N–H and O–H groups in total. The van der Waals surface area contributed by atoms with Crippen LogP contribution < -0.4 is 0 Å². The van der Waals surface area contributed by atoms with Gasteiger partial charge >= 0.3 is 5.97 Å². The maximum Gasteiger partial charge on any atom is 0.326 e. The third-order valence-corrected chi connectivity index (χ3v) is 4.90. The molecular weight excluding hydrogens is 256 g/mol. The van der Waals surface area contributed by atoms with E-state index in [-0.39, 0.29) is 11.9 Å². The standard InChI is InChI=1S/C15H26N2O3/c1-10-7-8-11(2)17(10)12(3)14(18)16-9-5-4-6-13(16)15(19)20/h10-13H,4-9H2,1-3H3,(H,19,20). The van der Waals surface area contributed by atoms with E-state index in [1.165, 1.54) is 0 Å². The SMILES string of the molecule is CC1CCC(C)N1C(C)C(=O)N1CCCCC1C(=O)O. The predicted molar refractivity (Wildman–Crippen MR) is 76.4 cm³/mol.